The molecular weight excluding hydrogens is 362 g/mol. The number of benzene rings is 1. The molecule has 5 rings (SSSR count). The van der Waals surface area contributed by atoms with Crippen LogP contribution in [-0.2, 0) is 16.1 Å². The van der Waals surface area contributed by atoms with Gasteiger partial charge >= 0.3 is 0 Å². The van der Waals surface area contributed by atoms with Crippen molar-refractivity contribution in [1.29, 1.82) is 0 Å². The zero-order chi connectivity index (χ0) is 19.3. The normalized spacial score (nSPS) is 19.1. The van der Waals surface area contributed by atoms with Gasteiger partial charge in [-0.3, -0.25) is 19.7 Å². The molecule has 140 valence electrons. The van der Waals surface area contributed by atoms with Crippen molar-refractivity contribution >= 4 is 40.5 Å². The first-order chi connectivity index (χ1) is 13.6. The van der Waals surface area contributed by atoms with E-state index in [1.807, 2.05) is 6.07 Å². The third-order valence-corrected chi connectivity index (χ3v) is 4.96. The number of nitrogens with zero attached hydrogens (tertiary/aromatic N) is 4. The Balaban J connectivity index is 1.38. The lowest BCUT2D eigenvalue weighted by molar-refractivity contribution is -0.136. The van der Waals surface area contributed by atoms with Crippen LogP contribution in [0.3, 0.4) is 0 Å². The van der Waals surface area contributed by atoms with E-state index in [0.717, 1.165) is 16.8 Å². The van der Waals surface area contributed by atoms with Gasteiger partial charge < -0.3 is 15.2 Å². The van der Waals surface area contributed by atoms with Crippen molar-refractivity contribution in [2.45, 2.75) is 25.4 Å². The Morgan fingerprint density at radius 1 is 1.18 bits per heavy atom. The van der Waals surface area contributed by atoms with Gasteiger partial charge in [0.15, 0.2) is 5.65 Å². The molecule has 1 fully saturated rings. The predicted octanol–water partition coefficient (Wildman–Crippen LogP) is 0.857. The van der Waals surface area contributed by atoms with Crippen molar-refractivity contribution < 1.29 is 14.4 Å². The Morgan fingerprint density at radius 3 is 2.93 bits per heavy atom. The molecule has 1 atom stereocenters. The van der Waals surface area contributed by atoms with Crippen LogP contribution in [0.5, 0.6) is 0 Å². The first-order valence-electron chi connectivity index (χ1n) is 8.79. The quantitative estimate of drug-likeness (QED) is 0.577. The second-order valence-electron chi connectivity index (χ2n) is 6.73. The fourth-order valence-electron chi connectivity index (χ4n) is 3.58. The van der Waals surface area contributed by atoms with Gasteiger partial charge in [0.25, 0.3) is 5.91 Å². The van der Waals surface area contributed by atoms with Gasteiger partial charge in [0.1, 0.15) is 11.6 Å². The Kier molecular flexibility index (Phi) is 3.57. The molecule has 0 radical (unpaired) electrons. The number of amides is 3. The number of hydrogen-bond donors (Lipinski definition) is 3. The van der Waals surface area contributed by atoms with Gasteiger partial charge in [0, 0.05) is 24.2 Å². The molecule has 0 saturated carbocycles. The molecule has 3 amide bonds. The summed E-state index contributed by atoms with van der Waals surface area (Å²) in [5.74, 6) is -0.529. The van der Waals surface area contributed by atoms with Crippen LogP contribution in [0, 0.1) is 0 Å². The fourth-order valence-corrected chi connectivity index (χ4v) is 3.58. The summed E-state index contributed by atoms with van der Waals surface area (Å²) < 4.78 is 0. The summed E-state index contributed by atoms with van der Waals surface area (Å²) in [6.07, 6.45) is 3.76. The van der Waals surface area contributed by atoms with Gasteiger partial charge in [-0.15, -0.1) is 0 Å². The fraction of sp³-hybridized carbons (Fsp3) is 0.222. The second kappa shape index (κ2) is 6.12. The average molecular weight is 377 g/mol. The van der Waals surface area contributed by atoms with E-state index < -0.39 is 11.9 Å². The summed E-state index contributed by atoms with van der Waals surface area (Å²) in [5.41, 5.74) is 3.38. The molecule has 0 bridgehead atoms. The highest BCUT2D eigenvalue weighted by molar-refractivity contribution is 6.05. The monoisotopic (exact) mass is 377 g/mol. The number of aromatic amines is 1. The third kappa shape index (κ3) is 2.66. The molecule has 10 heteroatoms. The average Bonchev–Trinajstić information content (AvgIpc) is 3.26. The molecule has 28 heavy (non-hydrogen) atoms. The summed E-state index contributed by atoms with van der Waals surface area (Å²) in [7, 11) is 0. The van der Waals surface area contributed by atoms with E-state index in [-0.39, 0.29) is 18.2 Å². The number of fused-ring (bicyclic) bond motifs is 2. The highest BCUT2D eigenvalue weighted by Gasteiger charge is 2.39. The van der Waals surface area contributed by atoms with Gasteiger partial charge in [0.05, 0.1) is 12.5 Å². The number of carbonyl (C=O) groups excluding carboxylic acids is 3. The summed E-state index contributed by atoms with van der Waals surface area (Å²) in [6.45, 7) is 0.315. The van der Waals surface area contributed by atoms with Crippen LogP contribution in [-0.4, -0.2) is 48.6 Å². The molecule has 1 unspecified atom stereocenters. The zero-order valence-electron chi connectivity index (χ0n) is 14.6. The van der Waals surface area contributed by atoms with E-state index in [4.69, 9.17) is 0 Å². The van der Waals surface area contributed by atoms with Gasteiger partial charge in [-0.05, 0) is 30.2 Å². The molecule has 3 N–H and O–H groups in total. The van der Waals surface area contributed by atoms with Crippen molar-refractivity contribution in [3.63, 3.8) is 0 Å². The highest BCUT2D eigenvalue weighted by atomic mass is 16.2. The summed E-state index contributed by atoms with van der Waals surface area (Å²) in [6, 6.07) is 4.71. The number of hydrogen-bond acceptors (Lipinski definition) is 7. The minimum Gasteiger partial charge on any atom is -0.342 e. The van der Waals surface area contributed by atoms with Crippen molar-refractivity contribution in [3.05, 3.63) is 41.9 Å². The number of rotatable bonds is 3. The number of carbonyl (C=O) groups is 3. The number of piperidine rings is 1. The maximum Gasteiger partial charge on any atom is 0.255 e. The van der Waals surface area contributed by atoms with E-state index in [1.165, 1.54) is 4.90 Å². The number of nitrogens with one attached hydrogen (secondary N) is 3. The maximum atomic E-state index is 12.7. The van der Waals surface area contributed by atoms with Crippen molar-refractivity contribution in [3.8, 4) is 0 Å². The van der Waals surface area contributed by atoms with Crippen LogP contribution in [0.25, 0.3) is 11.2 Å². The number of imidazole rings is 1. The van der Waals surface area contributed by atoms with E-state index in [1.54, 1.807) is 24.7 Å². The third-order valence-electron chi connectivity index (χ3n) is 4.96. The van der Waals surface area contributed by atoms with Crippen LogP contribution in [0.1, 0.15) is 28.8 Å². The molecule has 3 aromatic rings. The van der Waals surface area contributed by atoms with Gasteiger partial charge in [-0.1, -0.05) is 0 Å². The Labute approximate surface area is 158 Å². The van der Waals surface area contributed by atoms with E-state index in [9.17, 15) is 14.4 Å². The molecule has 2 aromatic heterocycles. The highest BCUT2D eigenvalue weighted by Crippen LogP contribution is 2.30. The standard InChI is InChI=1S/C18H15N7O3/c26-14-4-3-13(16(27)23-14)25-7-9-5-10(1-2-11(9)17(25)28)22-18-19-6-12-15(24-18)21-8-20-12/h1-2,5-6,8,13H,3-4,7H2,(H,23,26,27)(H2,19,20,21,22,24). The maximum absolute atomic E-state index is 12.7. The molecule has 1 saturated heterocycles. The van der Waals surface area contributed by atoms with Gasteiger partial charge in [0.2, 0.25) is 17.8 Å². The van der Waals surface area contributed by atoms with E-state index in [0.29, 0.717) is 30.1 Å². The first-order valence-corrected chi connectivity index (χ1v) is 8.79. The number of H-pyrrole nitrogens is 1. The SMILES string of the molecule is O=C1CCC(N2Cc3cc(Nc4ncc5[nH]cnc5n4)ccc3C2=O)C(=O)N1. The Bertz CT molecular complexity index is 1140. The number of imide groups is 1. The topological polar surface area (TPSA) is 133 Å². The molecule has 4 heterocycles. The Hall–Kier alpha value is -3.82. The first kappa shape index (κ1) is 16.4. The summed E-state index contributed by atoms with van der Waals surface area (Å²) in [5, 5.41) is 5.41. The van der Waals surface area contributed by atoms with Crippen LogP contribution >= 0.6 is 0 Å². The van der Waals surface area contributed by atoms with Crippen LogP contribution in [0.2, 0.25) is 0 Å². The molecule has 10 nitrogen and oxygen atoms in total. The lowest BCUT2D eigenvalue weighted by Crippen LogP contribution is -2.52. The molecule has 2 aliphatic heterocycles. The number of aromatic nitrogens is 4. The molecule has 0 aliphatic carbocycles. The van der Waals surface area contributed by atoms with Crippen LogP contribution in [0.4, 0.5) is 11.6 Å². The lowest BCUT2D eigenvalue weighted by Gasteiger charge is -2.29. The molecule has 1 aromatic carbocycles. The van der Waals surface area contributed by atoms with Gasteiger partial charge in [-0.25, -0.2) is 9.97 Å². The Morgan fingerprint density at radius 2 is 2.07 bits per heavy atom. The van der Waals surface area contributed by atoms with Crippen LogP contribution < -0.4 is 10.6 Å². The zero-order valence-corrected chi connectivity index (χ0v) is 14.6. The van der Waals surface area contributed by atoms with Crippen molar-refractivity contribution in [2.75, 3.05) is 5.32 Å². The van der Waals surface area contributed by atoms with Crippen molar-refractivity contribution in [1.82, 2.24) is 30.2 Å². The summed E-state index contributed by atoms with van der Waals surface area (Å²) >= 11 is 0. The second-order valence-corrected chi connectivity index (χ2v) is 6.73. The lowest BCUT2D eigenvalue weighted by atomic mass is 10.0. The van der Waals surface area contributed by atoms with Crippen LogP contribution in [0.15, 0.2) is 30.7 Å². The molecular formula is C18H15N7O3. The van der Waals surface area contributed by atoms with E-state index in [2.05, 4.69) is 30.6 Å². The minimum atomic E-state index is -0.626. The molecule has 0 spiro atoms. The van der Waals surface area contributed by atoms with E-state index >= 15 is 0 Å². The summed E-state index contributed by atoms with van der Waals surface area (Å²) in [4.78, 5) is 53.3. The smallest absolute Gasteiger partial charge is 0.255 e. The van der Waals surface area contributed by atoms with Gasteiger partial charge in [-0.2, -0.15) is 4.98 Å². The molecule has 2 aliphatic rings. The largest absolute Gasteiger partial charge is 0.342 e. The van der Waals surface area contributed by atoms with Crippen molar-refractivity contribution in [2.24, 2.45) is 0 Å². The predicted molar refractivity (Wildman–Crippen MR) is 97.5 cm³/mol. The minimum absolute atomic E-state index is 0.203. The number of anilines is 2.